The molecule has 0 aliphatic heterocycles. The molecule has 0 saturated heterocycles. The monoisotopic (exact) mass is 403 g/mol. The maximum absolute atomic E-state index is 12.6. The summed E-state index contributed by atoms with van der Waals surface area (Å²) >= 11 is 0. The van der Waals surface area contributed by atoms with Crippen molar-refractivity contribution in [1.29, 1.82) is 0 Å². The minimum absolute atomic E-state index is 0.216. The van der Waals surface area contributed by atoms with Crippen LogP contribution in [0.5, 0.6) is 0 Å². The zero-order valence-corrected chi connectivity index (χ0v) is 16.7. The van der Waals surface area contributed by atoms with Crippen LogP contribution >= 0.6 is 0 Å². The molecule has 0 radical (unpaired) electrons. The van der Waals surface area contributed by atoms with Crippen molar-refractivity contribution >= 4 is 16.9 Å². The molecule has 0 saturated carbocycles. The molecule has 0 aliphatic rings. The number of hydrogen-bond donors (Lipinski definition) is 1. The Morgan fingerprint density at radius 2 is 1.63 bits per heavy atom. The Kier molecular flexibility index (Phi) is 5.10. The molecule has 0 unspecified atom stereocenters. The van der Waals surface area contributed by atoms with E-state index in [1.807, 2.05) is 37.3 Å². The highest BCUT2D eigenvalue weighted by molar-refractivity contribution is 5.94. The number of benzene rings is 2. The molecular formula is C23H21N3O4. The molecule has 4 rings (SSSR count). The van der Waals surface area contributed by atoms with E-state index in [0.29, 0.717) is 28.9 Å². The van der Waals surface area contributed by atoms with E-state index in [1.165, 1.54) is 9.13 Å². The van der Waals surface area contributed by atoms with Gasteiger partial charge < -0.3 is 14.3 Å². The van der Waals surface area contributed by atoms with Crippen LogP contribution in [0.25, 0.3) is 11.0 Å². The Bertz CT molecular complexity index is 1340. The molecule has 0 spiro atoms. The molecule has 1 amide bonds. The Morgan fingerprint density at radius 1 is 0.933 bits per heavy atom. The zero-order chi connectivity index (χ0) is 21.3. The van der Waals surface area contributed by atoms with Crippen molar-refractivity contribution in [1.82, 2.24) is 14.5 Å². The van der Waals surface area contributed by atoms with Gasteiger partial charge in [-0.1, -0.05) is 24.3 Å². The summed E-state index contributed by atoms with van der Waals surface area (Å²) < 4.78 is 8.27. The van der Waals surface area contributed by atoms with Crippen molar-refractivity contribution in [3.8, 4) is 0 Å². The predicted octanol–water partition coefficient (Wildman–Crippen LogP) is 2.58. The number of carbonyl (C=O) groups is 1. The van der Waals surface area contributed by atoms with Crippen LogP contribution in [0.15, 0.2) is 74.7 Å². The van der Waals surface area contributed by atoms with Gasteiger partial charge in [0.15, 0.2) is 0 Å². The lowest BCUT2D eigenvalue weighted by Crippen LogP contribution is -2.40. The highest BCUT2D eigenvalue weighted by Crippen LogP contribution is 2.13. The molecule has 0 fully saturated rings. The van der Waals surface area contributed by atoms with Gasteiger partial charge in [0.25, 0.3) is 5.91 Å². The van der Waals surface area contributed by atoms with Gasteiger partial charge in [-0.05, 0) is 48.9 Å². The van der Waals surface area contributed by atoms with Crippen molar-refractivity contribution in [2.75, 3.05) is 0 Å². The Balaban J connectivity index is 1.55. The van der Waals surface area contributed by atoms with Gasteiger partial charge in [-0.3, -0.25) is 19.0 Å². The molecule has 30 heavy (non-hydrogen) atoms. The summed E-state index contributed by atoms with van der Waals surface area (Å²) in [4.78, 5) is 37.2. The molecule has 0 atom stereocenters. The van der Waals surface area contributed by atoms with Crippen LogP contribution in [0.1, 0.15) is 27.4 Å². The van der Waals surface area contributed by atoms with Crippen molar-refractivity contribution < 1.29 is 9.21 Å². The number of nitrogens with zero attached hydrogens (tertiary/aromatic N) is 2. The summed E-state index contributed by atoms with van der Waals surface area (Å²) in [6.45, 7) is 2.40. The standard InChI is InChI=1S/C23H21N3O4/c1-15-7-12-18(30-15)13-24-21(27)17-10-8-16(9-11-17)14-26-20-6-4-3-5-19(20)25(2)22(28)23(26)29/h3-12H,13-14H2,1-2H3,(H,24,27). The van der Waals surface area contributed by atoms with Crippen LogP contribution < -0.4 is 16.4 Å². The number of amides is 1. The van der Waals surface area contributed by atoms with Crippen LogP contribution in [0.2, 0.25) is 0 Å². The number of aromatic nitrogens is 2. The van der Waals surface area contributed by atoms with Gasteiger partial charge in [-0.25, -0.2) is 0 Å². The van der Waals surface area contributed by atoms with E-state index in [1.54, 1.807) is 37.4 Å². The fourth-order valence-electron chi connectivity index (χ4n) is 3.40. The van der Waals surface area contributed by atoms with Crippen LogP contribution in [-0.4, -0.2) is 15.0 Å². The lowest BCUT2D eigenvalue weighted by atomic mass is 10.1. The Labute approximate surface area is 172 Å². The SMILES string of the molecule is Cc1ccc(CNC(=O)c2ccc(Cn3c(=O)c(=O)n(C)c4ccccc43)cc2)o1. The fourth-order valence-corrected chi connectivity index (χ4v) is 3.40. The van der Waals surface area contributed by atoms with Gasteiger partial charge in [0.1, 0.15) is 11.5 Å². The number of carbonyl (C=O) groups excluding carboxylic acids is 1. The smallest absolute Gasteiger partial charge is 0.317 e. The van der Waals surface area contributed by atoms with Gasteiger partial charge in [0.05, 0.1) is 24.1 Å². The van der Waals surface area contributed by atoms with E-state index in [-0.39, 0.29) is 12.5 Å². The third-order valence-corrected chi connectivity index (χ3v) is 5.04. The first kappa shape index (κ1) is 19.4. The van der Waals surface area contributed by atoms with E-state index in [2.05, 4.69) is 5.32 Å². The summed E-state index contributed by atoms with van der Waals surface area (Å²) in [6.07, 6.45) is 0. The molecule has 1 N–H and O–H groups in total. The maximum Gasteiger partial charge on any atom is 0.317 e. The van der Waals surface area contributed by atoms with Crippen LogP contribution in [0.4, 0.5) is 0 Å². The molecule has 2 aromatic heterocycles. The van der Waals surface area contributed by atoms with Crippen molar-refractivity contribution in [3.63, 3.8) is 0 Å². The minimum atomic E-state index is -0.577. The third-order valence-electron chi connectivity index (χ3n) is 5.04. The summed E-state index contributed by atoms with van der Waals surface area (Å²) in [5.74, 6) is 1.27. The largest absolute Gasteiger partial charge is 0.465 e. The molecule has 4 aromatic rings. The Morgan fingerprint density at radius 3 is 2.30 bits per heavy atom. The number of fused-ring (bicyclic) bond motifs is 1. The molecular weight excluding hydrogens is 382 g/mol. The molecule has 152 valence electrons. The maximum atomic E-state index is 12.6. The quantitative estimate of drug-likeness (QED) is 0.519. The van der Waals surface area contributed by atoms with Crippen LogP contribution in [0, 0.1) is 6.92 Å². The topological polar surface area (TPSA) is 86.2 Å². The van der Waals surface area contributed by atoms with E-state index in [9.17, 15) is 14.4 Å². The van der Waals surface area contributed by atoms with Gasteiger partial charge in [-0.2, -0.15) is 0 Å². The van der Waals surface area contributed by atoms with Gasteiger partial charge in [0.2, 0.25) is 0 Å². The molecule has 0 bridgehead atoms. The zero-order valence-electron chi connectivity index (χ0n) is 16.7. The van der Waals surface area contributed by atoms with Gasteiger partial charge in [0, 0.05) is 12.6 Å². The number of aryl methyl sites for hydroxylation is 2. The lowest BCUT2D eigenvalue weighted by molar-refractivity contribution is 0.0948. The first-order chi connectivity index (χ1) is 14.4. The lowest BCUT2D eigenvalue weighted by Gasteiger charge is -2.13. The molecule has 2 aromatic carbocycles. The van der Waals surface area contributed by atoms with E-state index in [4.69, 9.17) is 4.42 Å². The first-order valence-corrected chi connectivity index (χ1v) is 9.55. The number of nitrogens with one attached hydrogen (secondary N) is 1. The molecule has 2 heterocycles. The number of hydrogen-bond acceptors (Lipinski definition) is 4. The Hall–Kier alpha value is -3.87. The summed E-state index contributed by atoms with van der Waals surface area (Å²) in [7, 11) is 1.59. The first-order valence-electron chi connectivity index (χ1n) is 9.55. The van der Waals surface area contributed by atoms with Gasteiger partial charge >= 0.3 is 11.1 Å². The molecule has 7 heteroatoms. The fraction of sp³-hybridized carbons (Fsp3) is 0.174. The highest BCUT2D eigenvalue weighted by Gasteiger charge is 2.12. The summed E-state index contributed by atoms with van der Waals surface area (Å²) in [5, 5.41) is 2.81. The average Bonchev–Trinajstić information content (AvgIpc) is 3.19. The van der Waals surface area contributed by atoms with E-state index < -0.39 is 11.1 Å². The van der Waals surface area contributed by atoms with E-state index >= 15 is 0 Å². The normalized spacial score (nSPS) is 11.0. The second-order valence-electron chi connectivity index (χ2n) is 7.14. The van der Waals surface area contributed by atoms with Gasteiger partial charge in [-0.15, -0.1) is 0 Å². The van der Waals surface area contributed by atoms with Crippen molar-refractivity contribution in [2.45, 2.75) is 20.0 Å². The predicted molar refractivity (Wildman–Crippen MR) is 114 cm³/mol. The number of para-hydroxylation sites is 2. The third kappa shape index (κ3) is 3.69. The summed E-state index contributed by atoms with van der Waals surface area (Å²) in [5.41, 5.74) is 1.54. The summed E-state index contributed by atoms with van der Waals surface area (Å²) in [6, 6.07) is 17.9. The highest BCUT2D eigenvalue weighted by atomic mass is 16.3. The van der Waals surface area contributed by atoms with Crippen LogP contribution in [-0.2, 0) is 20.1 Å². The number of furan rings is 1. The van der Waals surface area contributed by atoms with Crippen LogP contribution in [0.3, 0.4) is 0 Å². The second kappa shape index (κ2) is 7.87. The molecule has 0 aliphatic carbocycles. The van der Waals surface area contributed by atoms with E-state index in [0.717, 1.165) is 11.3 Å². The molecule has 7 nitrogen and oxygen atoms in total. The number of rotatable bonds is 5. The van der Waals surface area contributed by atoms with Crippen molar-refractivity contribution in [2.24, 2.45) is 7.05 Å². The average molecular weight is 403 g/mol. The minimum Gasteiger partial charge on any atom is -0.465 e. The van der Waals surface area contributed by atoms with Crippen molar-refractivity contribution in [3.05, 3.63) is 104 Å². The second-order valence-corrected chi connectivity index (χ2v) is 7.14.